The van der Waals surface area contributed by atoms with Crippen LogP contribution in [0.1, 0.15) is 20.3 Å². The fraction of sp³-hybridized carbons (Fsp3) is 0.625. The highest BCUT2D eigenvalue weighted by molar-refractivity contribution is 5.84. The average Bonchev–Trinajstić information content (AvgIpc) is 2.01. The quantitative estimate of drug-likeness (QED) is 0.687. The van der Waals surface area contributed by atoms with Crippen molar-refractivity contribution in [3.8, 4) is 0 Å². The first-order valence-electron chi connectivity index (χ1n) is 3.93. The summed E-state index contributed by atoms with van der Waals surface area (Å²) in [7, 11) is 0. The average molecular weight is 194 g/mol. The van der Waals surface area contributed by atoms with E-state index in [0.29, 0.717) is 6.42 Å². The van der Waals surface area contributed by atoms with Crippen LogP contribution in [0.5, 0.6) is 0 Å². The van der Waals surface area contributed by atoms with Gasteiger partial charge in [-0.2, -0.15) is 13.2 Å². The minimum atomic E-state index is -4.38. The zero-order valence-corrected chi connectivity index (χ0v) is 7.65. The number of halogens is 3. The summed E-state index contributed by atoms with van der Waals surface area (Å²) in [6.07, 6.45) is -3.04. The highest BCUT2D eigenvalue weighted by atomic mass is 19.4. The van der Waals surface area contributed by atoms with Crippen LogP contribution < -0.4 is 5.73 Å². The van der Waals surface area contributed by atoms with E-state index in [2.05, 4.69) is 4.99 Å². The highest BCUT2D eigenvalue weighted by Gasteiger charge is 2.33. The molecule has 5 heteroatoms. The summed E-state index contributed by atoms with van der Waals surface area (Å²) in [6.45, 7) is 3.13. The summed E-state index contributed by atoms with van der Waals surface area (Å²) in [5, 5.41) is 0. The van der Waals surface area contributed by atoms with Crippen LogP contribution in [0.3, 0.4) is 0 Å². The van der Waals surface area contributed by atoms with Crippen molar-refractivity contribution in [2.45, 2.75) is 26.4 Å². The summed E-state index contributed by atoms with van der Waals surface area (Å²) < 4.78 is 36.6. The van der Waals surface area contributed by atoms with Gasteiger partial charge < -0.3 is 5.73 Å². The van der Waals surface area contributed by atoms with Gasteiger partial charge in [0.05, 0.1) is 0 Å². The molecule has 0 fully saturated rings. The van der Waals surface area contributed by atoms with Gasteiger partial charge in [-0.3, -0.25) is 4.99 Å². The molecule has 0 aliphatic heterocycles. The molecule has 0 rings (SSSR count). The maximum absolute atomic E-state index is 12.2. The second-order valence-corrected chi connectivity index (χ2v) is 2.55. The molecule has 0 radical (unpaired) electrons. The van der Waals surface area contributed by atoms with Gasteiger partial charge in [0, 0.05) is 12.3 Å². The molecule has 0 aromatic rings. The van der Waals surface area contributed by atoms with Crippen LogP contribution in [0.2, 0.25) is 0 Å². The molecule has 0 amide bonds. The van der Waals surface area contributed by atoms with Crippen LogP contribution in [-0.4, -0.2) is 18.4 Å². The van der Waals surface area contributed by atoms with Gasteiger partial charge in [-0.25, -0.2) is 0 Å². The molecular weight excluding hydrogens is 181 g/mol. The minimum Gasteiger partial charge on any atom is -0.325 e. The van der Waals surface area contributed by atoms with Gasteiger partial charge in [-0.1, -0.05) is 13.0 Å². The van der Waals surface area contributed by atoms with E-state index in [1.165, 1.54) is 6.92 Å². The van der Waals surface area contributed by atoms with E-state index in [4.69, 9.17) is 5.73 Å². The summed E-state index contributed by atoms with van der Waals surface area (Å²) >= 11 is 0. The van der Waals surface area contributed by atoms with Crippen LogP contribution in [0, 0.1) is 0 Å². The van der Waals surface area contributed by atoms with E-state index in [0.717, 1.165) is 6.08 Å². The Morgan fingerprint density at radius 3 is 2.31 bits per heavy atom. The third kappa shape index (κ3) is 4.67. The number of hydrogen-bond donors (Lipinski definition) is 1. The number of alkyl halides is 3. The zero-order chi connectivity index (χ0) is 10.5. The van der Waals surface area contributed by atoms with Crippen molar-refractivity contribution >= 4 is 5.71 Å². The maximum Gasteiger partial charge on any atom is 0.433 e. The Hall–Kier alpha value is -0.840. The molecule has 76 valence electrons. The zero-order valence-electron chi connectivity index (χ0n) is 7.65. The smallest absolute Gasteiger partial charge is 0.325 e. The molecule has 0 spiro atoms. The van der Waals surface area contributed by atoms with Crippen LogP contribution in [0.15, 0.2) is 16.8 Å². The fourth-order valence-corrected chi connectivity index (χ4v) is 0.669. The summed E-state index contributed by atoms with van der Waals surface area (Å²) in [5.41, 5.74) is 4.55. The first kappa shape index (κ1) is 12.2. The second-order valence-electron chi connectivity index (χ2n) is 2.55. The van der Waals surface area contributed by atoms with Gasteiger partial charge in [0.15, 0.2) is 0 Å². The van der Waals surface area contributed by atoms with Gasteiger partial charge in [0.2, 0.25) is 0 Å². The Bertz CT molecular complexity index is 216. The monoisotopic (exact) mass is 194 g/mol. The van der Waals surface area contributed by atoms with Crippen LogP contribution in [-0.2, 0) is 0 Å². The Labute approximate surface area is 75.3 Å². The number of hydrogen-bond acceptors (Lipinski definition) is 2. The van der Waals surface area contributed by atoms with E-state index >= 15 is 0 Å². The lowest BCUT2D eigenvalue weighted by Gasteiger charge is -2.07. The summed E-state index contributed by atoms with van der Waals surface area (Å²) in [6, 6.07) is 0. The van der Waals surface area contributed by atoms with Gasteiger partial charge in [-0.05, 0) is 13.3 Å². The predicted molar refractivity (Wildman–Crippen MR) is 46.6 cm³/mol. The molecule has 13 heavy (non-hydrogen) atoms. The van der Waals surface area contributed by atoms with Crippen LogP contribution in [0.4, 0.5) is 13.2 Å². The largest absolute Gasteiger partial charge is 0.433 e. The SMILES string of the molecule is CC/C=C(\N=C(C)CN)C(F)(F)F. The van der Waals surface area contributed by atoms with E-state index < -0.39 is 11.9 Å². The molecule has 2 N–H and O–H groups in total. The second kappa shape index (κ2) is 5.01. The summed E-state index contributed by atoms with van der Waals surface area (Å²) in [4.78, 5) is 3.38. The highest BCUT2D eigenvalue weighted by Crippen LogP contribution is 2.26. The Kier molecular flexibility index (Phi) is 4.69. The van der Waals surface area contributed by atoms with E-state index in [1.54, 1.807) is 6.92 Å². The lowest BCUT2D eigenvalue weighted by atomic mass is 10.3. The van der Waals surface area contributed by atoms with E-state index in [-0.39, 0.29) is 12.3 Å². The van der Waals surface area contributed by atoms with Crippen molar-refractivity contribution in [3.05, 3.63) is 11.8 Å². The molecule has 0 aromatic heterocycles. The van der Waals surface area contributed by atoms with E-state index in [9.17, 15) is 13.2 Å². The lowest BCUT2D eigenvalue weighted by molar-refractivity contribution is -0.0925. The molecule has 0 aliphatic carbocycles. The Balaban J connectivity index is 4.75. The molecule has 0 bridgehead atoms. The maximum atomic E-state index is 12.2. The van der Waals surface area contributed by atoms with Gasteiger partial charge in [0.1, 0.15) is 5.70 Å². The molecule has 0 saturated heterocycles. The summed E-state index contributed by atoms with van der Waals surface area (Å²) in [5.74, 6) is 0. The molecule has 0 saturated carbocycles. The normalized spacial score (nSPS) is 14.9. The number of allylic oxidation sites excluding steroid dienone is 2. The lowest BCUT2D eigenvalue weighted by Crippen LogP contribution is -2.15. The molecular formula is C8H13F3N2. The number of nitrogens with zero attached hydrogens (tertiary/aromatic N) is 1. The van der Waals surface area contributed by atoms with Crippen molar-refractivity contribution in [1.82, 2.24) is 0 Å². The first-order chi connectivity index (χ1) is 5.91. The van der Waals surface area contributed by atoms with Crippen molar-refractivity contribution in [1.29, 1.82) is 0 Å². The van der Waals surface area contributed by atoms with Crippen molar-refractivity contribution in [2.75, 3.05) is 6.54 Å². The number of aliphatic imine (C=N–C) groups is 1. The van der Waals surface area contributed by atoms with Gasteiger partial charge in [0.25, 0.3) is 0 Å². The molecule has 0 heterocycles. The fourth-order valence-electron chi connectivity index (χ4n) is 0.669. The molecule has 0 aliphatic rings. The van der Waals surface area contributed by atoms with Crippen molar-refractivity contribution < 1.29 is 13.2 Å². The molecule has 2 nitrogen and oxygen atoms in total. The predicted octanol–water partition coefficient (Wildman–Crippen LogP) is 2.26. The van der Waals surface area contributed by atoms with Gasteiger partial charge in [-0.15, -0.1) is 0 Å². The third-order valence-corrected chi connectivity index (χ3v) is 1.29. The molecule has 0 aromatic carbocycles. The van der Waals surface area contributed by atoms with Crippen molar-refractivity contribution in [2.24, 2.45) is 10.7 Å². The number of rotatable bonds is 3. The van der Waals surface area contributed by atoms with Crippen molar-refractivity contribution in [3.63, 3.8) is 0 Å². The van der Waals surface area contributed by atoms with Gasteiger partial charge >= 0.3 is 6.18 Å². The first-order valence-corrected chi connectivity index (χ1v) is 3.93. The number of nitrogens with two attached hydrogens (primary N) is 1. The molecule has 0 unspecified atom stereocenters. The molecule has 0 atom stereocenters. The van der Waals surface area contributed by atoms with Crippen LogP contribution >= 0.6 is 0 Å². The van der Waals surface area contributed by atoms with E-state index in [1.807, 2.05) is 0 Å². The topological polar surface area (TPSA) is 38.4 Å². The standard InChI is InChI=1S/C8H13F3N2/c1-3-4-7(8(9,10)11)13-6(2)5-12/h4H,3,5,12H2,1-2H3/b7-4-,13-6?. The Morgan fingerprint density at radius 1 is 1.46 bits per heavy atom. The Morgan fingerprint density at radius 2 is 2.00 bits per heavy atom. The third-order valence-electron chi connectivity index (χ3n) is 1.29. The minimum absolute atomic E-state index is 0.0388. The van der Waals surface area contributed by atoms with Crippen LogP contribution in [0.25, 0.3) is 0 Å².